The lowest BCUT2D eigenvalue weighted by molar-refractivity contribution is 0.147. The van der Waals surface area contributed by atoms with Crippen LogP contribution in [-0.2, 0) is 4.74 Å². The lowest BCUT2D eigenvalue weighted by Crippen LogP contribution is -2.18. The number of ether oxygens (including phenoxy) is 1. The van der Waals surface area contributed by atoms with E-state index in [1.165, 1.54) is 0 Å². The Kier molecular flexibility index (Phi) is 1.09. The Morgan fingerprint density at radius 3 is 2.38 bits per heavy atom. The number of hydrogen-bond acceptors (Lipinski definition) is 3. The van der Waals surface area contributed by atoms with Crippen LogP contribution < -0.4 is 11.5 Å². The third kappa shape index (κ3) is 1.10. The molecule has 1 amide bonds. The van der Waals surface area contributed by atoms with Gasteiger partial charge in [-0.05, 0) is 0 Å². The van der Waals surface area contributed by atoms with E-state index in [0.29, 0.717) is 0 Å². The highest BCUT2D eigenvalue weighted by atomic mass is 16.6. The zero-order valence-electron chi connectivity index (χ0n) is 4.33. The largest absolute Gasteiger partial charge is 0.445 e. The number of primary amides is 1. The van der Waals surface area contributed by atoms with Gasteiger partial charge in [0.2, 0.25) is 0 Å². The van der Waals surface area contributed by atoms with E-state index in [4.69, 9.17) is 5.73 Å². The van der Waals surface area contributed by atoms with Gasteiger partial charge in [-0.2, -0.15) is 0 Å². The van der Waals surface area contributed by atoms with E-state index in [-0.39, 0.29) is 12.1 Å². The van der Waals surface area contributed by atoms with Crippen LogP contribution in [0.25, 0.3) is 0 Å². The van der Waals surface area contributed by atoms with E-state index in [1.54, 1.807) is 0 Å². The summed E-state index contributed by atoms with van der Waals surface area (Å²) in [5.74, 6) is 0. The summed E-state index contributed by atoms with van der Waals surface area (Å²) in [6, 6.07) is 0.0301. The number of rotatable bonds is 1. The van der Waals surface area contributed by atoms with Gasteiger partial charge in [0, 0.05) is 12.5 Å². The standard InChI is InChI=1S/C4H8N2O2/c5-2-1-3(2)8-4(6)7/h2-3H,1,5H2,(H2,6,7). The van der Waals surface area contributed by atoms with Crippen molar-refractivity contribution in [3.05, 3.63) is 0 Å². The topological polar surface area (TPSA) is 78.3 Å². The molecule has 1 saturated carbocycles. The Morgan fingerprint density at radius 2 is 2.25 bits per heavy atom. The molecule has 0 aliphatic heterocycles. The predicted molar refractivity (Wildman–Crippen MR) is 27.0 cm³/mol. The first-order chi connectivity index (χ1) is 3.70. The van der Waals surface area contributed by atoms with Gasteiger partial charge in [-0.1, -0.05) is 0 Å². The van der Waals surface area contributed by atoms with Crippen LogP contribution in [0.5, 0.6) is 0 Å². The van der Waals surface area contributed by atoms with Crippen LogP contribution in [0.1, 0.15) is 6.42 Å². The molecular formula is C4H8N2O2. The second-order valence-corrected chi connectivity index (χ2v) is 1.87. The maximum Gasteiger partial charge on any atom is 0.404 e. The highest BCUT2D eigenvalue weighted by Crippen LogP contribution is 2.21. The molecule has 1 aliphatic rings. The summed E-state index contributed by atoms with van der Waals surface area (Å²) in [5.41, 5.74) is 9.96. The van der Waals surface area contributed by atoms with Gasteiger partial charge in [0.05, 0.1) is 0 Å². The fraction of sp³-hybridized carbons (Fsp3) is 0.750. The van der Waals surface area contributed by atoms with Crippen LogP contribution in [0.3, 0.4) is 0 Å². The molecule has 0 radical (unpaired) electrons. The molecule has 8 heavy (non-hydrogen) atoms. The van der Waals surface area contributed by atoms with Crippen molar-refractivity contribution in [3.63, 3.8) is 0 Å². The summed E-state index contributed by atoms with van der Waals surface area (Å²) in [6.45, 7) is 0. The van der Waals surface area contributed by atoms with E-state index in [1.807, 2.05) is 0 Å². The van der Waals surface area contributed by atoms with Crippen molar-refractivity contribution in [1.29, 1.82) is 0 Å². The fourth-order valence-electron chi connectivity index (χ4n) is 0.474. The van der Waals surface area contributed by atoms with Gasteiger partial charge >= 0.3 is 6.09 Å². The molecule has 0 heterocycles. The maximum atomic E-state index is 9.94. The van der Waals surface area contributed by atoms with Gasteiger partial charge < -0.3 is 16.2 Å². The van der Waals surface area contributed by atoms with E-state index in [2.05, 4.69) is 10.5 Å². The number of carbonyl (C=O) groups excluding carboxylic acids is 1. The SMILES string of the molecule is NC(=O)OC1CC1N. The Balaban J connectivity index is 2.14. The highest BCUT2D eigenvalue weighted by Gasteiger charge is 2.36. The maximum absolute atomic E-state index is 9.94. The summed E-state index contributed by atoms with van der Waals surface area (Å²) < 4.78 is 4.49. The minimum atomic E-state index is -0.733. The van der Waals surface area contributed by atoms with Crippen LogP contribution in [0.2, 0.25) is 0 Å². The smallest absolute Gasteiger partial charge is 0.404 e. The Labute approximate surface area is 46.8 Å². The Morgan fingerprint density at radius 1 is 1.75 bits per heavy atom. The predicted octanol–water partition coefficient (Wildman–Crippen LogP) is -0.819. The molecule has 2 unspecified atom stereocenters. The summed E-state index contributed by atoms with van der Waals surface area (Å²) in [7, 11) is 0. The van der Waals surface area contributed by atoms with Crippen molar-refractivity contribution in [2.45, 2.75) is 18.6 Å². The normalized spacial score (nSPS) is 34.1. The average molecular weight is 116 g/mol. The van der Waals surface area contributed by atoms with Crippen LogP contribution in [0.4, 0.5) is 4.79 Å². The molecule has 0 aromatic heterocycles. The summed E-state index contributed by atoms with van der Waals surface area (Å²) in [5, 5.41) is 0. The van der Waals surface area contributed by atoms with Crippen molar-refractivity contribution in [3.8, 4) is 0 Å². The number of carbonyl (C=O) groups is 1. The van der Waals surface area contributed by atoms with Crippen molar-refractivity contribution < 1.29 is 9.53 Å². The molecule has 0 spiro atoms. The van der Waals surface area contributed by atoms with E-state index < -0.39 is 6.09 Å². The molecule has 1 rings (SSSR count). The van der Waals surface area contributed by atoms with Crippen LogP contribution in [0.15, 0.2) is 0 Å². The first-order valence-corrected chi connectivity index (χ1v) is 2.42. The molecule has 0 aromatic carbocycles. The first kappa shape index (κ1) is 5.37. The number of hydrogen-bond donors (Lipinski definition) is 2. The molecule has 4 N–H and O–H groups in total. The van der Waals surface area contributed by atoms with E-state index in [9.17, 15) is 4.79 Å². The second kappa shape index (κ2) is 1.63. The quantitative estimate of drug-likeness (QED) is 0.470. The highest BCUT2D eigenvalue weighted by molar-refractivity contribution is 5.65. The number of amides is 1. The zero-order valence-corrected chi connectivity index (χ0v) is 4.33. The minimum Gasteiger partial charge on any atom is -0.445 e. The molecule has 46 valence electrons. The van der Waals surface area contributed by atoms with Crippen molar-refractivity contribution in [2.24, 2.45) is 11.5 Å². The molecule has 0 bridgehead atoms. The first-order valence-electron chi connectivity index (χ1n) is 2.42. The van der Waals surface area contributed by atoms with Crippen LogP contribution >= 0.6 is 0 Å². The zero-order chi connectivity index (χ0) is 6.15. The van der Waals surface area contributed by atoms with Crippen LogP contribution in [-0.4, -0.2) is 18.2 Å². The van der Waals surface area contributed by atoms with Gasteiger partial charge in [-0.15, -0.1) is 0 Å². The molecule has 4 heteroatoms. The van der Waals surface area contributed by atoms with E-state index >= 15 is 0 Å². The molecule has 1 fully saturated rings. The van der Waals surface area contributed by atoms with Crippen molar-refractivity contribution in [2.75, 3.05) is 0 Å². The Bertz CT molecular complexity index is 115. The van der Waals surface area contributed by atoms with Gasteiger partial charge in [-0.25, -0.2) is 4.79 Å². The minimum absolute atomic E-state index is 0.0301. The van der Waals surface area contributed by atoms with Crippen molar-refractivity contribution in [1.82, 2.24) is 0 Å². The molecular weight excluding hydrogens is 108 g/mol. The lowest BCUT2D eigenvalue weighted by atomic mass is 10.7. The molecule has 0 aromatic rings. The molecule has 1 aliphatic carbocycles. The van der Waals surface area contributed by atoms with Crippen molar-refractivity contribution >= 4 is 6.09 Å². The summed E-state index contributed by atoms with van der Waals surface area (Å²) in [6.07, 6.45) is -0.0846. The summed E-state index contributed by atoms with van der Waals surface area (Å²) >= 11 is 0. The Hall–Kier alpha value is -0.770. The monoisotopic (exact) mass is 116 g/mol. The van der Waals surface area contributed by atoms with E-state index in [0.717, 1.165) is 6.42 Å². The van der Waals surface area contributed by atoms with Crippen LogP contribution in [0, 0.1) is 0 Å². The molecule has 2 atom stereocenters. The van der Waals surface area contributed by atoms with Gasteiger partial charge in [0.25, 0.3) is 0 Å². The molecule has 4 nitrogen and oxygen atoms in total. The van der Waals surface area contributed by atoms with Gasteiger partial charge in [-0.3, -0.25) is 0 Å². The third-order valence-electron chi connectivity index (χ3n) is 1.05. The fourth-order valence-corrected chi connectivity index (χ4v) is 0.474. The molecule has 0 saturated heterocycles. The summed E-state index contributed by atoms with van der Waals surface area (Å²) in [4.78, 5) is 9.94. The third-order valence-corrected chi connectivity index (χ3v) is 1.05. The van der Waals surface area contributed by atoms with Gasteiger partial charge in [0.1, 0.15) is 6.10 Å². The number of nitrogens with two attached hydrogens (primary N) is 2. The van der Waals surface area contributed by atoms with Gasteiger partial charge in [0.15, 0.2) is 0 Å². The second-order valence-electron chi connectivity index (χ2n) is 1.87. The lowest BCUT2D eigenvalue weighted by Gasteiger charge is -1.94. The average Bonchev–Trinajstić information content (AvgIpc) is 2.17.